The maximum atomic E-state index is 10.9. The van der Waals surface area contributed by atoms with E-state index in [1.165, 1.54) is 0 Å². The molecule has 10 heavy (non-hydrogen) atoms. The van der Waals surface area contributed by atoms with Crippen LogP contribution in [0.25, 0.3) is 0 Å². The molecule has 2 heteroatoms. The molecule has 54 valence electrons. The largest absolute Gasteiger partial charge is 0.383 e. The van der Waals surface area contributed by atoms with Gasteiger partial charge in [0.05, 0.1) is 0 Å². The summed E-state index contributed by atoms with van der Waals surface area (Å²) in [6.45, 7) is 3.51. The fourth-order valence-corrected chi connectivity index (χ4v) is 1.08. The van der Waals surface area contributed by atoms with Crippen LogP contribution in [-0.4, -0.2) is 17.0 Å². The summed E-state index contributed by atoms with van der Waals surface area (Å²) in [6.07, 6.45) is 2.68. The number of allylic oxidation sites excluding steroid dienone is 2. The lowest BCUT2D eigenvalue weighted by molar-refractivity contribution is -0.117. The van der Waals surface area contributed by atoms with Gasteiger partial charge in [0.1, 0.15) is 6.10 Å². The standard InChI is InChI=1S/C8H10O2/c1-3-5-7(9)6(4-2)8(5)10/h3-4,7,9H,1-2H3. The Morgan fingerprint density at radius 2 is 1.70 bits per heavy atom. The molecule has 0 amide bonds. The van der Waals surface area contributed by atoms with E-state index in [1.807, 2.05) is 0 Å². The van der Waals surface area contributed by atoms with E-state index in [4.69, 9.17) is 0 Å². The molecule has 0 saturated heterocycles. The van der Waals surface area contributed by atoms with E-state index in [2.05, 4.69) is 0 Å². The molecule has 0 aromatic rings. The molecular formula is C8H10O2. The molecule has 1 aliphatic carbocycles. The van der Waals surface area contributed by atoms with E-state index < -0.39 is 6.10 Å². The van der Waals surface area contributed by atoms with E-state index in [0.29, 0.717) is 11.1 Å². The van der Waals surface area contributed by atoms with Crippen molar-refractivity contribution >= 4 is 5.78 Å². The molecule has 1 aliphatic rings. The van der Waals surface area contributed by atoms with Crippen molar-refractivity contribution in [2.75, 3.05) is 0 Å². The molecule has 0 radical (unpaired) electrons. The van der Waals surface area contributed by atoms with Crippen LogP contribution in [0.4, 0.5) is 0 Å². The summed E-state index contributed by atoms with van der Waals surface area (Å²) in [5.41, 5.74) is 1.04. The molecule has 0 unspecified atom stereocenters. The predicted molar refractivity (Wildman–Crippen MR) is 38.5 cm³/mol. The van der Waals surface area contributed by atoms with E-state index in [0.717, 1.165) is 0 Å². The van der Waals surface area contributed by atoms with Gasteiger partial charge in [-0.15, -0.1) is 0 Å². The zero-order chi connectivity index (χ0) is 7.72. The molecule has 1 N–H and O–H groups in total. The minimum atomic E-state index is -0.623. The van der Waals surface area contributed by atoms with Gasteiger partial charge in [-0.1, -0.05) is 12.2 Å². The average molecular weight is 138 g/mol. The highest BCUT2D eigenvalue weighted by atomic mass is 16.3. The maximum absolute atomic E-state index is 10.9. The number of carbonyl (C=O) groups is 1. The Hall–Kier alpha value is -0.890. The Kier molecular flexibility index (Phi) is 1.72. The van der Waals surface area contributed by atoms with E-state index in [9.17, 15) is 9.90 Å². The second kappa shape index (κ2) is 2.39. The van der Waals surface area contributed by atoms with Crippen LogP contribution in [0, 0.1) is 0 Å². The highest BCUT2D eigenvalue weighted by Crippen LogP contribution is 2.28. The van der Waals surface area contributed by atoms with E-state index in [-0.39, 0.29) is 5.78 Å². The zero-order valence-corrected chi connectivity index (χ0v) is 6.09. The molecular weight excluding hydrogens is 128 g/mol. The quantitative estimate of drug-likeness (QED) is 0.503. The van der Waals surface area contributed by atoms with Crippen molar-refractivity contribution in [2.45, 2.75) is 20.0 Å². The molecule has 2 nitrogen and oxygen atoms in total. The third-order valence-electron chi connectivity index (χ3n) is 1.74. The Morgan fingerprint density at radius 3 is 1.90 bits per heavy atom. The highest BCUT2D eigenvalue weighted by Gasteiger charge is 2.36. The second-order valence-electron chi connectivity index (χ2n) is 2.22. The lowest BCUT2D eigenvalue weighted by Gasteiger charge is -2.26. The van der Waals surface area contributed by atoms with Gasteiger partial charge >= 0.3 is 0 Å². The van der Waals surface area contributed by atoms with Gasteiger partial charge < -0.3 is 5.11 Å². The molecule has 0 atom stereocenters. The van der Waals surface area contributed by atoms with Crippen LogP contribution in [0.2, 0.25) is 0 Å². The first-order chi connectivity index (χ1) is 4.72. The lowest BCUT2D eigenvalue weighted by atomic mass is 9.81. The summed E-state index contributed by atoms with van der Waals surface area (Å²) >= 11 is 0. The minimum absolute atomic E-state index is 0.0162. The SMILES string of the molecule is CC=C1C(=O)C(=CC)C1O. The average Bonchev–Trinajstić information content (AvgIpc) is 1.90. The topological polar surface area (TPSA) is 37.3 Å². The summed E-state index contributed by atoms with van der Waals surface area (Å²) in [7, 11) is 0. The number of ketones is 1. The summed E-state index contributed by atoms with van der Waals surface area (Å²) in [5, 5.41) is 9.18. The van der Waals surface area contributed by atoms with Crippen LogP contribution in [0.3, 0.4) is 0 Å². The van der Waals surface area contributed by atoms with E-state index in [1.54, 1.807) is 26.0 Å². The first-order valence-electron chi connectivity index (χ1n) is 3.27. The number of hydrogen-bond donors (Lipinski definition) is 1. The third-order valence-corrected chi connectivity index (χ3v) is 1.74. The van der Waals surface area contributed by atoms with Gasteiger partial charge in [-0.05, 0) is 13.8 Å². The lowest BCUT2D eigenvalue weighted by Crippen LogP contribution is -2.36. The smallest absolute Gasteiger partial charge is 0.190 e. The molecule has 1 saturated carbocycles. The molecule has 0 spiro atoms. The van der Waals surface area contributed by atoms with Crippen LogP contribution in [0.5, 0.6) is 0 Å². The summed E-state index contributed by atoms with van der Waals surface area (Å²) < 4.78 is 0. The van der Waals surface area contributed by atoms with Crippen molar-refractivity contribution in [3.05, 3.63) is 23.3 Å². The normalized spacial score (nSPS) is 33.1. The molecule has 1 fully saturated rings. The number of carbonyl (C=O) groups excluding carboxylic acids is 1. The van der Waals surface area contributed by atoms with Gasteiger partial charge in [0.2, 0.25) is 0 Å². The van der Waals surface area contributed by atoms with Gasteiger partial charge in [-0.25, -0.2) is 0 Å². The van der Waals surface area contributed by atoms with Gasteiger partial charge in [-0.3, -0.25) is 4.79 Å². The molecule has 0 aliphatic heterocycles. The van der Waals surface area contributed by atoms with Crippen LogP contribution < -0.4 is 0 Å². The number of aliphatic hydroxyl groups excluding tert-OH is 1. The van der Waals surface area contributed by atoms with Crippen molar-refractivity contribution in [3.63, 3.8) is 0 Å². The fraction of sp³-hybridized carbons (Fsp3) is 0.375. The Bertz CT molecular complexity index is 201. The summed E-state index contributed by atoms with van der Waals surface area (Å²) in [6, 6.07) is 0. The van der Waals surface area contributed by atoms with E-state index >= 15 is 0 Å². The fourth-order valence-electron chi connectivity index (χ4n) is 1.08. The van der Waals surface area contributed by atoms with Gasteiger partial charge in [-0.2, -0.15) is 0 Å². The van der Waals surface area contributed by atoms with Crippen LogP contribution in [0.1, 0.15) is 13.8 Å². The second-order valence-corrected chi connectivity index (χ2v) is 2.22. The highest BCUT2D eigenvalue weighted by molar-refractivity contribution is 6.18. The first-order valence-corrected chi connectivity index (χ1v) is 3.27. The number of rotatable bonds is 0. The van der Waals surface area contributed by atoms with Crippen LogP contribution in [0.15, 0.2) is 23.3 Å². The van der Waals surface area contributed by atoms with Crippen molar-refractivity contribution in [1.29, 1.82) is 0 Å². The third kappa shape index (κ3) is 0.727. The molecule has 0 heterocycles. The summed E-state index contributed by atoms with van der Waals surface area (Å²) in [4.78, 5) is 10.9. The molecule has 0 aromatic heterocycles. The Balaban J connectivity index is 2.88. The van der Waals surface area contributed by atoms with Gasteiger partial charge in [0.15, 0.2) is 5.78 Å². The number of Topliss-reactive ketones (excluding diaryl/α,β-unsaturated/α-hetero) is 1. The maximum Gasteiger partial charge on any atom is 0.190 e. The van der Waals surface area contributed by atoms with Crippen LogP contribution >= 0.6 is 0 Å². The van der Waals surface area contributed by atoms with Crippen LogP contribution in [-0.2, 0) is 4.79 Å². The van der Waals surface area contributed by atoms with Crippen molar-refractivity contribution in [1.82, 2.24) is 0 Å². The van der Waals surface area contributed by atoms with Gasteiger partial charge in [0, 0.05) is 11.1 Å². The Labute approximate surface area is 59.9 Å². The number of hydrogen-bond acceptors (Lipinski definition) is 2. The van der Waals surface area contributed by atoms with Gasteiger partial charge in [0.25, 0.3) is 0 Å². The van der Waals surface area contributed by atoms with Crippen molar-refractivity contribution in [3.8, 4) is 0 Å². The molecule has 0 bridgehead atoms. The monoisotopic (exact) mass is 138 g/mol. The zero-order valence-electron chi connectivity index (χ0n) is 6.09. The number of aliphatic hydroxyl groups is 1. The van der Waals surface area contributed by atoms with Crippen molar-refractivity contribution in [2.24, 2.45) is 0 Å². The molecule has 0 aromatic carbocycles. The first kappa shape index (κ1) is 7.22. The minimum Gasteiger partial charge on any atom is -0.383 e. The van der Waals surface area contributed by atoms with Crippen molar-refractivity contribution < 1.29 is 9.90 Å². The predicted octanol–water partition coefficient (Wildman–Crippen LogP) is 0.823. The Morgan fingerprint density at radius 1 is 1.30 bits per heavy atom. The summed E-state index contributed by atoms with van der Waals surface area (Å²) in [5.74, 6) is -0.0162. The molecule has 1 rings (SSSR count).